The van der Waals surface area contributed by atoms with Gasteiger partial charge in [0.1, 0.15) is 27.8 Å². The number of hydrogen-bond acceptors (Lipinski definition) is 4. The molecule has 0 bridgehead atoms. The molecule has 0 aliphatic carbocycles. The predicted molar refractivity (Wildman–Crippen MR) is 123 cm³/mol. The van der Waals surface area contributed by atoms with Gasteiger partial charge in [-0.2, -0.15) is 0 Å². The van der Waals surface area contributed by atoms with E-state index in [0.29, 0.717) is 0 Å². The van der Waals surface area contributed by atoms with Crippen LogP contribution in [0.4, 0.5) is 0 Å². The fourth-order valence-electron chi connectivity index (χ4n) is 4.97. The molecular formula is C26H13N3O2. The number of para-hydroxylation sites is 1. The van der Waals surface area contributed by atoms with Gasteiger partial charge in [0.15, 0.2) is 5.65 Å². The van der Waals surface area contributed by atoms with E-state index in [0.717, 1.165) is 71.3 Å². The van der Waals surface area contributed by atoms with Gasteiger partial charge in [0.05, 0.1) is 10.9 Å². The van der Waals surface area contributed by atoms with Crippen LogP contribution < -0.4 is 0 Å². The van der Waals surface area contributed by atoms with E-state index in [9.17, 15) is 0 Å². The van der Waals surface area contributed by atoms with Crippen LogP contribution in [0.3, 0.4) is 0 Å². The molecule has 3 aromatic carbocycles. The maximum absolute atomic E-state index is 6.48. The summed E-state index contributed by atoms with van der Waals surface area (Å²) in [5.74, 6) is 0. The van der Waals surface area contributed by atoms with E-state index in [1.54, 1.807) is 0 Å². The second-order valence-electron chi connectivity index (χ2n) is 7.90. The maximum atomic E-state index is 6.48. The standard InChI is InChI=1S/C26H13N3O2/c1-2-6-20-16(4-1)23-21(30-20)8-7-15-18-12-19-17(13-22(18)31-25(15)23)14-5-3-9-27-24(14)26-28-10-11-29(19)26/h1-13H. The van der Waals surface area contributed by atoms with E-state index >= 15 is 0 Å². The predicted octanol–water partition coefficient (Wildman–Crippen LogP) is 6.83. The normalized spacial score (nSPS) is 12.5. The Morgan fingerprint density at radius 3 is 2.58 bits per heavy atom. The van der Waals surface area contributed by atoms with E-state index in [2.05, 4.69) is 44.7 Å². The van der Waals surface area contributed by atoms with Crippen LogP contribution in [0.1, 0.15) is 0 Å². The van der Waals surface area contributed by atoms with Crippen molar-refractivity contribution in [3.05, 3.63) is 79.3 Å². The SMILES string of the molecule is c1ccc2c(c1)oc1ccc3c4cc5c(cc4oc3c12)c1cccnc1c1nccn51. The zero-order valence-electron chi connectivity index (χ0n) is 16.2. The van der Waals surface area contributed by atoms with Crippen LogP contribution in [0.15, 0.2) is 88.1 Å². The third kappa shape index (κ3) is 1.82. The molecule has 0 spiro atoms. The molecule has 5 aromatic heterocycles. The first kappa shape index (κ1) is 15.5. The molecule has 8 rings (SSSR count). The number of pyridine rings is 2. The molecule has 5 heteroatoms. The number of aromatic nitrogens is 3. The number of fused-ring (bicyclic) bond motifs is 13. The molecule has 0 saturated carbocycles. The van der Waals surface area contributed by atoms with Crippen molar-refractivity contribution >= 4 is 71.3 Å². The number of rotatable bonds is 0. The summed E-state index contributed by atoms with van der Waals surface area (Å²) in [7, 11) is 0. The van der Waals surface area contributed by atoms with Crippen molar-refractivity contribution < 1.29 is 8.83 Å². The molecule has 0 N–H and O–H groups in total. The molecule has 0 atom stereocenters. The molecule has 5 heterocycles. The number of hydrogen-bond donors (Lipinski definition) is 0. The summed E-state index contributed by atoms with van der Waals surface area (Å²) in [6.07, 6.45) is 5.62. The Kier molecular flexibility index (Phi) is 2.60. The molecule has 0 aliphatic heterocycles. The lowest BCUT2D eigenvalue weighted by atomic mass is 10.0. The van der Waals surface area contributed by atoms with Gasteiger partial charge in [-0.15, -0.1) is 0 Å². The summed E-state index contributed by atoms with van der Waals surface area (Å²) >= 11 is 0. The fraction of sp³-hybridized carbons (Fsp3) is 0. The zero-order chi connectivity index (χ0) is 20.1. The van der Waals surface area contributed by atoms with E-state index in [4.69, 9.17) is 8.83 Å². The van der Waals surface area contributed by atoms with E-state index < -0.39 is 0 Å². The van der Waals surface area contributed by atoms with Crippen LogP contribution in [0, 0.1) is 0 Å². The van der Waals surface area contributed by atoms with Gasteiger partial charge in [0.25, 0.3) is 0 Å². The highest BCUT2D eigenvalue weighted by atomic mass is 16.3. The molecule has 144 valence electrons. The highest BCUT2D eigenvalue weighted by Gasteiger charge is 2.18. The third-order valence-electron chi connectivity index (χ3n) is 6.31. The van der Waals surface area contributed by atoms with Gasteiger partial charge < -0.3 is 8.83 Å². The monoisotopic (exact) mass is 399 g/mol. The van der Waals surface area contributed by atoms with Gasteiger partial charge >= 0.3 is 0 Å². The van der Waals surface area contributed by atoms with Crippen LogP contribution in [0.5, 0.6) is 0 Å². The van der Waals surface area contributed by atoms with Crippen LogP contribution >= 0.6 is 0 Å². The Bertz CT molecular complexity index is 2010. The third-order valence-corrected chi connectivity index (χ3v) is 6.31. The molecule has 0 amide bonds. The van der Waals surface area contributed by atoms with E-state index in [-0.39, 0.29) is 0 Å². The molecule has 0 fully saturated rings. The summed E-state index contributed by atoms with van der Waals surface area (Å²) in [5, 5.41) is 6.40. The Balaban J connectivity index is 1.63. The largest absolute Gasteiger partial charge is 0.456 e. The molecule has 0 saturated heterocycles. The smallest absolute Gasteiger partial charge is 0.163 e. The van der Waals surface area contributed by atoms with E-state index in [1.165, 1.54) is 0 Å². The van der Waals surface area contributed by atoms with Crippen molar-refractivity contribution in [1.82, 2.24) is 14.4 Å². The molecule has 0 aliphatic rings. The van der Waals surface area contributed by atoms with Crippen LogP contribution in [-0.4, -0.2) is 14.4 Å². The van der Waals surface area contributed by atoms with Crippen LogP contribution in [0.25, 0.3) is 71.3 Å². The molecule has 31 heavy (non-hydrogen) atoms. The number of furan rings is 2. The van der Waals surface area contributed by atoms with Gasteiger partial charge in [-0.1, -0.05) is 24.3 Å². The van der Waals surface area contributed by atoms with Crippen molar-refractivity contribution in [3.63, 3.8) is 0 Å². The minimum absolute atomic E-state index is 0.837. The average Bonchev–Trinajstić information content (AvgIpc) is 3.52. The molecular weight excluding hydrogens is 386 g/mol. The summed E-state index contributed by atoms with van der Waals surface area (Å²) < 4.78 is 14.6. The Morgan fingerprint density at radius 2 is 1.58 bits per heavy atom. The topological polar surface area (TPSA) is 56.5 Å². The Morgan fingerprint density at radius 1 is 0.645 bits per heavy atom. The van der Waals surface area contributed by atoms with Crippen LogP contribution in [-0.2, 0) is 0 Å². The van der Waals surface area contributed by atoms with Gasteiger partial charge in [0.2, 0.25) is 0 Å². The summed E-state index contributed by atoms with van der Waals surface area (Å²) in [6.45, 7) is 0. The maximum Gasteiger partial charge on any atom is 0.163 e. The lowest BCUT2D eigenvalue weighted by molar-refractivity contribution is 0.663. The molecule has 0 radical (unpaired) electrons. The van der Waals surface area contributed by atoms with Crippen molar-refractivity contribution in [1.29, 1.82) is 0 Å². The lowest BCUT2D eigenvalue weighted by Crippen LogP contribution is -1.92. The first-order chi connectivity index (χ1) is 15.4. The van der Waals surface area contributed by atoms with Crippen molar-refractivity contribution in [2.45, 2.75) is 0 Å². The van der Waals surface area contributed by atoms with Gasteiger partial charge in [0, 0.05) is 45.5 Å². The number of imidazole rings is 1. The highest BCUT2D eigenvalue weighted by molar-refractivity contribution is 6.24. The average molecular weight is 399 g/mol. The lowest BCUT2D eigenvalue weighted by Gasteiger charge is -2.07. The highest BCUT2D eigenvalue weighted by Crippen LogP contribution is 2.41. The Hall–Kier alpha value is -4.38. The summed E-state index contributed by atoms with van der Waals surface area (Å²) in [4.78, 5) is 9.16. The second-order valence-corrected chi connectivity index (χ2v) is 7.90. The van der Waals surface area contributed by atoms with E-state index in [1.807, 2.05) is 48.9 Å². The second kappa shape index (κ2) is 5.21. The van der Waals surface area contributed by atoms with Gasteiger partial charge in [-0.25, -0.2) is 4.98 Å². The zero-order valence-corrected chi connectivity index (χ0v) is 16.2. The van der Waals surface area contributed by atoms with Gasteiger partial charge in [-0.3, -0.25) is 9.38 Å². The van der Waals surface area contributed by atoms with Crippen molar-refractivity contribution in [2.24, 2.45) is 0 Å². The van der Waals surface area contributed by atoms with Gasteiger partial charge in [-0.05, 0) is 36.4 Å². The summed E-state index contributed by atoms with van der Waals surface area (Å²) in [5.41, 5.74) is 6.25. The number of benzene rings is 3. The first-order valence-electron chi connectivity index (χ1n) is 10.2. The molecule has 5 nitrogen and oxygen atoms in total. The molecule has 8 aromatic rings. The fourth-order valence-corrected chi connectivity index (χ4v) is 4.97. The van der Waals surface area contributed by atoms with Crippen LogP contribution in [0.2, 0.25) is 0 Å². The minimum Gasteiger partial charge on any atom is -0.456 e. The first-order valence-corrected chi connectivity index (χ1v) is 10.2. The number of nitrogens with zero attached hydrogens (tertiary/aromatic N) is 3. The minimum atomic E-state index is 0.837. The Labute approximate surface area is 174 Å². The quantitative estimate of drug-likeness (QED) is 0.262. The summed E-state index contributed by atoms with van der Waals surface area (Å²) in [6, 6.07) is 20.6. The van der Waals surface area contributed by atoms with Crippen molar-refractivity contribution in [2.75, 3.05) is 0 Å². The molecule has 0 unspecified atom stereocenters. The van der Waals surface area contributed by atoms with Crippen molar-refractivity contribution in [3.8, 4) is 0 Å².